The number of hydrogen-bond donors (Lipinski definition) is 2. The van der Waals surface area contributed by atoms with Gasteiger partial charge in [-0.1, -0.05) is 29.4 Å². The topological polar surface area (TPSA) is 97.2 Å². The van der Waals surface area contributed by atoms with Crippen LogP contribution < -0.4 is 10.1 Å². The predicted octanol–water partition coefficient (Wildman–Crippen LogP) is 6.49. The van der Waals surface area contributed by atoms with Gasteiger partial charge in [0.2, 0.25) is 0 Å². The number of carbonyl (C=O) groups excluding carboxylic acids is 1. The first kappa shape index (κ1) is 29.0. The third kappa shape index (κ3) is 8.22. The highest BCUT2D eigenvalue weighted by Gasteiger charge is 2.35. The highest BCUT2D eigenvalue weighted by Crippen LogP contribution is 2.33. The van der Waals surface area contributed by atoms with Crippen LogP contribution in [-0.2, 0) is 17.2 Å². The van der Waals surface area contributed by atoms with Crippen molar-refractivity contribution in [3.05, 3.63) is 94.5 Å². The van der Waals surface area contributed by atoms with Crippen LogP contribution in [0.3, 0.4) is 0 Å². The van der Waals surface area contributed by atoms with Gasteiger partial charge in [-0.15, -0.1) is 0 Å². The van der Waals surface area contributed by atoms with E-state index in [1.807, 2.05) is 0 Å². The van der Waals surface area contributed by atoms with E-state index in [-0.39, 0.29) is 30.2 Å². The Balaban J connectivity index is 1.56. The summed E-state index contributed by atoms with van der Waals surface area (Å²) in [4.78, 5) is 29.1. The number of halogens is 6. The van der Waals surface area contributed by atoms with Crippen LogP contribution in [0.4, 0.5) is 32.0 Å². The molecule has 3 rings (SSSR count). The molecule has 39 heavy (non-hydrogen) atoms. The van der Waals surface area contributed by atoms with Crippen molar-refractivity contribution in [2.45, 2.75) is 18.8 Å². The highest BCUT2D eigenvalue weighted by atomic mass is 19.4. The van der Waals surface area contributed by atoms with Gasteiger partial charge in [0.25, 0.3) is 5.91 Å². The summed E-state index contributed by atoms with van der Waals surface area (Å²) in [6.45, 7) is 0.134. The fourth-order valence-electron chi connectivity index (χ4n) is 3.24. The molecule has 0 unspecified atom stereocenters. The molecule has 206 valence electrons. The molecule has 0 saturated heterocycles. The number of amides is 1. The summed E-state index contributed by atoms with van der Waals surface area (Å²) < 4.78 is 83.0. The van der Waals surface area contributed by atoms with Gasteiger partial charge in [0, 0.05) is 12.5 Å². The molecule has 3 aromatic rings. The minimum Gasteiger partial charge on any atom is -0.493 e. The molecule has 7 nitrogen and oxygen atoms in total. The van der Waals surface area contributed by atoms with Crippen LogP contribution in [0.5, 0.6) is 5.75 Å². The summed E-state index contributed by atoms with van der Waals surface area (Å²) in [7, 11) is 0. The first-order valence-corrected chi connectivity index (χ1v) is 11.2. The number of carboxylic acids is 1. The maximum absolute atomic E-state index is 13.3. The second kappa shape index (κ2) is 12.3. The fourth-order valence-corrected chi connectivity index (χ4v) is 3.24. The van der Waals surface area contributed by atoms with Crippen LogP contribution in [0.15, 0.2) is 71.9 Å². The average molecular weight is 554 g/mol. The van der Waals surface area contributed by atoms with E-state index in [2.05, 4.69) is 10.5 Å². The van der Waals surface area contributed by atoms with E-state index in [0.717, 1.165) is 36.4 Å². The third-order valence-electron chi connectivity index (χ3n) is 5.11. The van der Waals surface area contributed by atoms with E-state index in [9.17, 15) is 41.0 Å². The van der Waals surface area contributed by atoms with Gasteiger partial charge < -0.3 is 20.0 Å². The Morgan fingerprint density at radius 2 is 1.56 bits per heavy atom. The lowest BCUT2D eigenvalue weighted by atomic mass is 10.1. The second-order valence-corrected chi connectivity index (χ2v) is 7.90. The van der Waals surface area contributed by atoms with Gasteiger partial charge in [0.1, 0.15) is 12.4 Å². The normalized spacial score (nSPS) is 11.8. The smallest absolute Gasteiger partial charge is 0.417 e. The predicted molar refractivity (Wildman–Crippen MR) is 128 cm³/mol. The van der Waals surface area contributed by atoms with Gasteiger partial charge in [-0.25, -0.2) is 4.79 Å². The Kier molecular flexibility index (Phi) is 9.17. The Labute approximate surface area is 217 Å². The number of nitrogens with zero attached hydrogens (tertiary/aromatic N) is 1. The molecule has 3 aromatic carbocycles. The van der Waals surface area contributed by atoms with Crippen molar-refractivity contribution in [3.8, 4) is 5.75 Å². The SMILES string of the molecule is O=C(O)c1ccc(OCCCON=Cc2ccc(C(F)(F)F)cc2)cc1NC(=O)c1ccccc1C(F)(F)F. The average Bonchev–Trinajstić information content (AvgIpc) is 2.87. The van der Waals surface area contributed by atoms with E-state index in [0.29, 0.717) is 12.0 Å². The number of rotatable bonds is 10. The highest BCUT2D eigenvalue weighted by molar-refractivity contribution is 6.08. The van der Waals surface area contributed by atoms with Crippen LogP contribution >= 0.6 is 0 Å². The summed E-state index contributed by atoms with van der Waals surface area (Å²) in [5.41, 5.74) is -2.87. The zero-order valence-corrected chi connectivity index (χ0v) is 19.8. The monoisotopic (exact) mass is 554 g/mol. The van der Waals surface area contributed by atoms with Gasteiger partial charge in [0.15, 0.2) is 0 Å². The fraction of sp³-hybridized carbons (Fsp3) is 0.192. The quantitative estimate of drug-likeness (QED) is 0.129. The van der Waals surface area contributed by atoms with Gasteiger partial charge in [0.05, 0.1) is 40.8 Å². The van der Waals surface area contributed by atoms with Crippen molar-refractivity contribution < 1.29 is 50.6 Å². The van der Waals surface area contributed by atoms with Crippen molar-refractivity contribution in [3.63, 3.8) is 0 Å². The first-order chi connectivity index (χ1) is 18.4. The van der Waals surface area contributed by atoms with Gasteiger partial charge >= 0.3 is 18.3 Å². The Morgan fingerprint density at radius 3 is 2.21 bits per heavy atom. The molecule has 0 aliphatic heterocycles. The van der Waals surface area contributed by atoms with Crippen LogP contribution in [0.1, 0.15) is 43.8 Å². The minimum atomic E-state index is -4.79. The first-order valence-electron chi connectivity index (χ1n) is 11.2. The number of ether oxygens (including phenoxy) is 1. The number of oxime groups is 1. The summed E-state index contributed by atoms with van der Waals surface area (Å²) in [6, 6.07) is 12.0. The van der Waals surface area contributed by atoms with Crippen molar-refractivity contribution in [1.82, 2.24) is 0 Å². The molecular formula is C26H20F6N2O5. The molecule has 1 amide bonds. The lowest BCUT2D eigenvalue weighted by Crippen LogP contribution is -2.20. The molecular weight excluding hydrogens is 534 g/mol. The molecule has 0 heterocycles. The van der Waals surface area contributed by atoms with E-state index in [1.54, 1.807) is 0 Å². The number of nitrogens with one attached hydrogen (secondary N) is 1. The number of carboxylic acid groups (broad SMARTS) is 1. The largest absolute Gasteiger partial charge is 0.493 e. The van der Waals surface area contributed by atoms with Crippen molar-refractivity contribution in [2.24, 2.45) is 5.16 Å². The minimum absolute atomic E-state index is 0.0620. The van der Waals surface area contributed by atoms with E-state index in [1.165, 1.54) is 36.5 Å². The number of benzene rings is 3. The zero-order chi connectivity index (χ0) is 28.6. The van der Waals surface area contributed by atoms with Gasteiger partial charge in [-0.3, -0.25) is 4.79 Å². The molecule has 0 aromatic heterocycles. The molecule has 0 aliphatic carbocycles. The lowest BCUT2D eigenvalue weighted by molar-refractivity contribution is -0.138. The van der Waals surface area contributed by atoms with Crippen molar-refractivity contribution in [2.75, 3.05) is 18.5 Å². The summed E-state index contributed by atoms with van der Waals surface area (Å²) >= 11 is 0. The lowest BCUT2D eigenvalue weighted by Gasteiger charge is -2.15. The van der Waals surface area contributed by atoms with Crippen molar-refractivity contribution >= 4 is 23.8 Å². The second-order valence-electron chi connectivity index (χ2n) is 7.90. The van der Waals surface area contributed by atoms with Crippen LogP contribution in [0.25, 0.3) is 0 Å². The third-order valence-corrected chi connectivity index (χ3v) is 5.11. The summed E-state index contributed by atoms with van der Waals surface area (Å²) in [5.74, 6) is -2.44. The maximum atomic E-state index is 13.3. The Bertz CT molecular complexity index is 1340. The number of alkyl halides is 6. The molecule has 0 fully saturated rings. The molecule has 2 N–H and O–H groups in total. The molecule has 0 atom stereocenters. The molecule has 0 aliphatic rings. The van der Waals surface area contributed by atoms with E-state index >= 15 is 0 Å². The van der Waals surface area contributed by atoms with E-state index in [4.69, 9.17) is 9.57 Å². The number of aromatic carboxylic acids is 1. The van der Waals surface area contributed by atoms with Gasteiger partial charge in [-0.2, -0.15) is 26.3 Å². The van der Waals surface area contributed by atoms with Gasteiger partial charge in [-0.05, 0) is 42.0 Å². The van der Waals surface area contributed by atoms with Crippen LogP contribution in [0.2, 0.25) is 0 Å². The Hall–Kier alpha value is -4.55. The molecule has 13 heteroatoms. The van der Waals surface area contributed by atoms with Crippen molar-refractivity contribution in [1.29, 1.82) is 0 Å². The van der Waals surface area contributed by atoms with E-state index < -0.39 is 40.9 Å². The van der Waals surface area contributed by atoms with Crippen LogP contribution in [-0.4, -0.2) is 36.4 Å². The maximum Gasteiger partial charge on any atom is 0.417 e. The number of carbonyl (C=O) groups is 2. The molecule has 0 bridgehead atoms. The van der Waals surface area contributed by atoms with Crippen LogP contribution in [0, 0.1) is 0 Å². The number of anilines is 1. The number of hydrogen-bond acceptors (Lipinski definition) is 5. The summed E-state index contributed by atoms with van der Waals surface area (Å²) in [6.07, 6.45) is -7.70. The molecule has 0 radical (unpaired) electrons. The molecule has 0 spiro atoms. The Morgan fingerprint density at radius 1 is 0.872 bits per heavy atom. The summed E-state index contributed by atoms with van der Waals surface area (Å²) in [5, 5.41) is 15.3. The molecule has 0 saturated carbocycles. The standard InChI is InChI=1S/C26H20F6N2O5/c27-25(28,29)17-8-6-16(7-9-17)15-33-39-13-3-12-38-18-10-11-20(24(36)37)22(14-18)34-23(35)19-4-1-2-5-21(19)26(30,31)32/h1-2,4-11,14-15H,3,12-13H2,(H,34,35)(H,36,37). The zero-order valence-electron chi connectivity index (χ0n) is 19.8.